The summed E-state index contributed by atoms with van der Waals surface area (Å²) in [6.45, 7) is 4.85. The van der Waals surface area contributed by atoms with Crippen molar-refractivity contribution in [2.75, 3.05) is 12.4 Å². The van der Waals surface area contributed by atoms with Gasteiger partial charge in [0.2, 0.25) is 0 Å². The number of nitrogens with one attached hydrogen (secondary N) is 1. The van der Waals surface area contributed by atoms with Gasteiger partial charge in [-0.3, -0.25) is 0 Å². The summed E-state index contributed by atoms with van der Waals surface area (Å²) < 4.78 is 0. The topological polar surface area (TPSA) is 32.3 Å². The molecule has 2 fully saturated rings. The zero-order chi connectivity index (χ0) is 11.6. The van der Waals surface area contributed by atoms with Crippen LogP contribution in [-0.2, 0) is 0 Å². The highest BCUT2D eigenvalue weighted by Gasteiger charge is 2.47. The molecule has 0 aromatic carbocycles. The highest BCUT2D eigenvalue weighted by Crippen LogP contribution is 2.43. The molecule has 2 aliphatic carbocycles. The van der Waals surface area contributed by atoms with Gasteiger partial charge in [0.1, 0.15) is 0 Å². The monoisotopic (exact) mass is 243 g/mol. The minimum atomic E-state index is 0.0370. The van der Waals surface area contributed by atoms with Crippen molar-refractivity contribution in [2.24, 2.45) is 5.92 Å². The van der Waals surface area contributed by atoms with Crippen LogP contribution >= 0.6 is 11.8 Å². The summed E-state index contributed by atoms with van der Waals surface area (Å²) >= 11 is 2.02. The van der Waals surface area contributed by atoms with Crippen LogP contribution in [0.2, 0.25) is 0 Å². The van der Waals surface area contributed by atoms with E-state index in [0.29, 0.717) is 17.9 Å². The first-order chi connectivity index (χ1) is 7.70. The first-order valence-corrected chi connectivity index (χ1v) is 7.75. The molecule has 0 saturated heterocycles. The average Bonchev–Trinajstić information content (AvgIpc) is 3.15. The summed E-state index contributed by atoms with van der Waals surface area (Å²) in [5.74, 6) is 1.81. The lowest BCUT2D eigenvalue weighted by atomic mass is 9.96. The first kappa shape index (κ1) is 12.7. The maximum atomic E-state index is 9.77. The van der Waals surface area contributed by atoms with Gasteiger partial charge in [0.25, 0.3) is 0 Å². The van der Waals surface area contributed by atoms with Crippen molar-refractivity contribution >= 4 is 11.8 Å². The summed E-state index contributed by atoms with van der Waals surface area (Å²) in [5.41, 5.74) is 0.0370. The lowest BCUT2D eigenvalue weighted by molar-refractivity contribution is 0.157. The van der Waals surface area contributed by atoms with Gasteiger partial charge in [-0.25, -0.2) is 0 Å². The molecule has 3 heteroatoms. The van der Waals surface area contributed by atoms with E-state index in [1.807, 2.05) is 11.8 Å². The van der Waals surface area contributed by atoms with Crippen molar-refractivity contribution in [3.8, 4) is 0 Å². The molecule has 0 radical (unpaired) electrons. The Labute approximate surface area is 104 Å². The molecule has 2 saturated carbocycles. The van der Waals surface area contributed by atoms with Gasteiger partial charge in [0, 0.05) is 17.0 Å². The molecule has 0 aliphatic heterocycles. The van der Waals surface area contributed by atoms with Gasteiger partial charge < -0.3 is 10.4 Å². The quantitative estimate of drug-likeness (QED) is 0.686. The lowest BCUT2D eigenvalue weighted by Gasteiger charge is -2.34. The predicted octanol–water partition coefficient (Wildman–Crippen LogP) is 2.41. The maximum absolute atomic E-state index is 9.77. The third kappa shape index (κ3) is 3.14. The lowest BCUT2D eigenvalue weighted by Crippen LogP contribution is -2.54. The molecule has 0 heterocycles. The van der Waals surface area contributed by atoms with E-state index in [1.54, 1.807) is 0 Å². The molecule has 2 nitrogen and oxygen atoms in total. The SMILES string of the molecule is CCC(C)SCC(CO)(NC1CC1)C1CC1. The van der Waals surface area contributed by atoms with Crippen molar-refractivity contribution in [1.29, 1.82) is 0 Å². The Bertz CT molecular complexity index is 228. The van der Waals surface area contributed by atoms with Crippen LogP contribution in [0, 0.1) is 5.92 Å². The van der Waals surface area contributed by atoms with Gasteiger partial charge in [-0.15, -0.1) is 0 Å². The molecule has 2 atom stereocenters. The second-order valence-corrected chi connectivity index (χ2v) is 6.96. The van der Waals surface area contributed by atoms with Crippen LogP contribution in [0.1, 0.15) is 46.0 Å². The van der Waals surface area contributed by atoms with Gasteiger partial charge in [0.05, 0.1) is 12.1 Å². The van der Waals surface area contributed by atoms with Gasteiger partial charge in [-0.2, -0.15) is 11.8 Å². The smallest absolute Gasteiger partial charge is 0.0624 e. The standard InChI is InChI=1S/C13H25NOS/c1-3-10(2)16-9-13(8-15,11-4-5-11)14-12-6-7-12/h10-12,14-15H,3-9H2,1-2H3. The molecule has 0 bridgehead atoms. The van der Waals surface area contributed by atoms with Crippen molar-refractivity contribution < 1.29 is 5.11 Å². The van der Waals surface area contributed by atoms with E-state index >= 15 is 0 Å². The maximum Gasteiger partial charge on any atom is 0.0624 e. The third-order valence-electron chi connectivity index (χ3n) is 3.91. The number of thioether (sulfide) groups is 1. The molecule has 0 spiro atoms. The van der Waals surface area contributed by atoms with Crippen LogP contribution in [0.25, 0.3) is 0 Å². The van der Waals surface area contributed by atoms with Gasteiger partial charge in [-0.1, -0.05) is 13.8 Å². The van der Waals surface area contributed by atoms with Gasteiger partial charge in [-0.05, 0) is 38.0 Å². The fraction of sp³-hybridized carbons (Fsp3) is 1.00. The molecule has 2 rings (SSSR count). The van der Waals surface area contributed by atoms with E-state index in [0.717, 1.165) is 11.7 Å². The Morgan fingerprint density at radius 2 is 2.06 bits per heavy atom. The molecule has 94 valence electrons. The number of hydrogen-bond acceptors (Lipinski definition) is 3. The van der Waals surface area contributed by atoms with Crippen LogP contribution in [0.4, 0.5) is 0 Å². The predicted molar refractivity (Wildman–Crippen MR) is 70.9 cm³/mol. The van der Waals surface area contributed by atoms with Crippen molar-refractivity contribution in [1.82, 2.24) is 5.32 Å². The molecule has 0 aromatic heterocycles. The molecular formula is C13H25NOS. The molecule has 2 unspecified atom stereocenters. The molecule has 0 aromatic rings. The fourth-order valence-electron chi connectivity index (χ4n) is 2.18. The van der Waals surface area contributed by atoms with E-state index in [4.69, 9.17) is 0 Å². The van der Waals surface area contributed by atoms with Crippen LogP contribution in [0.5, 0.6) is 0 Å². The normalized spacial score (nSPS) is 26.4. The van der Waals surface area contributed by atoms with E-state index in [2.05, 4.69) is 19.2 Å². The zero-order valence-corrected chi connectivity index (χ0v) is 11.4. The molecule has 0 amide bonds. The Morgan fingerprint density at radius 3 is 2.50 bits per heavy atom. The number of aliphatic hydroxyl groups is 1. The molecular weight excluding hydrogens is 218 g/mol. The Morgan fingerprint density at radius 1 is 1.38 bits per heavy atom. The van der Waals surface area contributed by atoms with Crippen LogP contribution in [-0.4, -0.2) is 34.3 Å². The van der Waals surface area contributed by atoms with Crippen molar-refractivity contribution in [2.45, 2.75) is 62.8 Å². The van der Waals surface area contributed by atoms with Gasteiger partial charge in [0.15, 0.2) is 0 Å². The second kappa shape index (κ2) is 5.28. The van der Waals surface area contributed by atoms with Crippen LogP contribution in [0.15, 0.2) is 0 Å². The first-order valence-electron chi connectivity index (χ1n) is 6.70. The summed E-state index contributed by atoms with van der Waals surface area (Å²) in [4.78, 5) is 0. The summed E-state index contributed by atoms with van der Waals surface area (Å²) in [6.07, 6.45) is 6.45. The van der Waals surface area contributed by atoms with Crippen LogP contribution in [0.3, 0.4) is 0 Å². The van der Waals surface area contributed by atoms with E-state index < -0.39 is 0 Å². The number of aliphatic hydroxyl groups excluding tert-OH is 1. The Hall–Kier alpha value is 0.270. The Balaban J connectivity index is 1.89. The largest absolute Gasteiger partial charge is 0.394 e. The third-order valence-corrected chi connectivity index (χ3v) is 5.49. The Kier molecular flexibility index (Phi) is 4.20. The highest BCUT2D eigenvalue weighted by molar-refractivity contribution is 7.99. The van der Waals surface area contributed by atoms with E-state index in [1.165, 1.54) is 32.1 Å². The summed E-state index contributed by atoms with van der Waals surface area (Å²) in [5, 5.41) is 14.2. The minimum absolute atomic E-state index is 0.0370. The molecule has 2 aliphatic rings. The number of rotatable bonds is 8. The highest BCUT2D eigenvalue weighted by atomic mass is 32.2. The van der Waals surface area contributed by atoms with Crippen LogP contribution < -0.4 is 5.32 Å². The minimum Gasteiger partial charge on any atom is -0.394 e. The van der Waals surface area contributed by atoms with E-state index in [-0.39, 0.29) is 5.54 Å². The van der Waals surface area contributed by atoms with E-state index in [9.17, 15) is 5.11 Å². The second-order valence-electron chi connectivity index (χ2n) is 5.54. The molecule has 2 N–H and O–H groups in total. The summed E-state index contributed by atoms with van der Waals surface area (Å²) in [6, 6.07) is 0.699. The van der Waals surface area contributed by atoms with Gasteiger partial charge >= 0.3 is 0 Å². The summed E-state index contributed by atoms with van der Waals surface area (Å²) in [7, 11) is 0. The number of hydrogen-bond donors (Lipinski definition) is 2. The zero-order valence-electron chi connectivity index (χ0n) is 10.5. The van der Waals surface area contributed by atoms with Crippen molar-refractivity contribution in [3.05, 3.63) is 0 Å². The fourth-order valence-corrected chi connectivity index (χ4v) is 3.40. The molecule has 16 heavy (non-hydrogen) atoms. The van der Waals surface area contributed by atoms with Crippen molar-refractivity contribution in [3.63, 3.8) is 0 Å². The average molecular weight is 243 g/mol.